The average molecular weight is 237 g/mol. The molecule has 0 spiro atoms. The summed E-state index contributed by atoms with van der Waals surface area (Å²) in [5.41, 5.74) is 0. The highest BCUT2D eigenvalue weighted by atomic mass is 32.1. The highest BCUT2D eigenvalue weighted by Gasteiger charge is 2.03. The lowest BCUT2D eigenvalue weighted by Gasteiger charge is -2.08. The standard InChI is InChI=1S/C11H15N3OS/c1-8(2)14-11(15)7-13-6-10-4-3-9(5-12)16-10/h3-4,8,13H,6-7H2,1-2H3,(H,14,15). The van der Waals surface area contributed by atoms with Gasteiger partial charge in [-0.25, -0.2) is 0 Å². The Morgan fingerprint density at radius 2 is 2.31 bits per heavy atom. The predicted molar refractivity (Wildman–Crippen MR) is 64.0 cm³/mol. The van der Waals surface area contributed by atoms with Crippen LogP contribution in [-0.4, -0.2) is 18.5 Å². The fourth-order valence-electron chi connectivity index (χ4n) is 1.21. The molecule has 0 bridgehead atoms. The molecule has 1 heterocycles. The molecule has 0 aliphatic carbocycles. The lowest BCUT2D eigenvalue weighted by Crippen LogP contribution is -2.37. The molecule has 1 rings (SSSR count). The lowest BCUT2D eigenvalue weighted by molar-refractivity contribution is -0.120. The summed E-state index contributed by atoms with van der Waals surface area (Å²) in [5.74, 6) is -0.00735. The van der Waals surface area contributed by atoms with Gasteiger partial charge >= 0.3 is 0 Å². The number of carbonyl (C=O) groups is 1. The molecule has 0 unspecified atom stereocenters. The van der Waals surface area contributed by atoms with Crippen molar-refractivity contribution in [2.24, 2.45) is 0 Å². The van der Waals surface area contributed by atoms with Gasteiger partial charge in [-0.1, -0.05) is 0 Å². The number of hydrogen-bond donors (Lipinski definition) is 2. The van der Waals surface area contributed by atoms with Crippen molar-refractivity contribution in [1.82, 2.24) is 10.6 Å². The van der Waals surface area contributed by atoms with Crippen LogP contribution in [0.5, 0.6) is 0 Å². The van der Waals surface area contributed by atoms with Crippen LogP contribution >= 0.6 is 11.3 Å². The van der Waals surface area contributed by atoms with Crippen LogP contribution in [0.1, 0.15) is 23.6 Å². The van der Waals surface area contributed by atoms with E-state index in [9.17, 15) is 4.79 Å². The van der Waals surface area contributed by atoms with Gasteiger partial charge in [-0.3, -0.25) is 4.79 Å². The van der Waals surface area contributed by atoms with Crippen LogP contribution < -0.4 is 10.6 Å². The van der Waals surface area contributed by atoms with Crippen LogP contribution in [0.15, 0.2) is 12.1 Å². The van der Waals surface area contributed by atoms with Crippen molar-refractivity contribution in [1.29, 1.82) is 5.26 Å². The summed E-state index contributed by atoms with van der Waals surface area (Å²) in [6.45, 7) is 4.78. The molecule has 0 aliphatic rings. The van der Waals surface area contributed by atoms with Gasteiger partial charge in [0.25, 0.3) is 0 Å². The summed E-state index contributed by atoms with van der Waals surface area (Å²) >= 11 is 1.44. The van der Waals surface area contributed by atoms with Gasteiger partial charge in [-0.2, -0.15) is 5.26 Å². The van der Waals surface area contributed by atoms with E-state index >= 15 is 0 Å². The summed E-state index contributed by atoms with van der Waals surface area (Å²) in [4.78, 5) is 13.0. The van der Waals surface area contributed by atoms with Gasteiger partial charge in [0.2, 0.25) is 5.91 Å². The Bertz CT molecular complexity index is 392. The Kier molecular flexibility index (Phi) is 4.96. The number of nitrogens with one attached hydrogen (secondary N) is 2. The van der Waals surface area contributed by atoms with E-state index in [0.717, 1.165) is 4.88 Å². The van der Waals surface area contributed by atoms with Crippen LogP contribution in [0.25, 0.3) is 0 Å². The van der Waals surface area contributed by atoms with Gasteiger partial charge in [0, 0.05) is 17.5 Å². The number of nitrogens with zero attached hydrogens (tertiary/aromatic N) is 1. The molecule has 4 nitrogen and oxygen atoms in total. The van der Waals surface area contributed by atoms with Crippen molar-refractivity contribution in [3.05, 3.63) is 21.9 Å². The minimum atomic E-state index is -0.00735. The molecule has 0 fully saturated rings. The van der Waals surface area contributed by atoms with Crippen LogP contribution in [-0.2, 0) is 11.3 Å². The first-order chi connectivity index (χ1) is 7.61. The van der Waals surface area contributed by atoms with Gasteiger partial charge in [-0.05, 0) is 26.0 Å². The molecule has 0 saturated carbocycles. The maximum absolute atomic E-state index is 11.3. The fourth-order valence-corrected chi connectivity index (χ4v) is 1.98. The summed E-state index contributed by atoms with van der Waals surface area (Å²) in [6, 6.07) is 5.94. The molecule has 0 aromatic carbocycles. The Hall–Kier alpha value is -1.38. The number of carbonyl (C=O) groups excluding carboxylic acids is 1. The molecule has 0 saturated heterocycles. The lowest BCUT2D eigenvalue weighted by atomic mass is 10.4. The zero-order valence-corrected chi connectivity index (χ0v) is 10.2. The monoisotopic (exact) mass is 237 g/mol. The molecule has 0 atom stereocenters. The third-order valence-corrected chi connectivity index (χ3v) is 2.80. The first kappa shape index (κ1) is 12.7. The minimum absolute atomic E-state index is 0.00735. The Morgan fingerprint density at radius 3 is 2.88 bits per heavy atom. The van der Waals surface area contributed by atoms with Gasteiger partial charge in [-0.15, -0.1) is 11.3 Å². The predicted octanol–water partition coefficient (Wildman–Crippen LogP) is 1.23. The third-order valence-electron chi connectivity index (χ3n) is 1.81. The third kappa shape index (κ3) is 4.43. The fraction of sp³-hybridized carbons (Fsp3) is 0.455. The van der Waals surface area contributed by atoms with Gasteiger partial charge in [0.1, 0.15) is 10.9 Å². The molecule has 1 aromatic rings. The van der Waals surface area contributed by atoms with E-state index in [0.29, 0.717) is 18.0 Å². The Morgan fingerprint density at radius 1 is 1.56 bits per heavy atom. The number of amides is 1. The summed E-state index contributed by atoms with van der Waals surface area (Å²) in [7, 11) is 0. The van der Waals surface area contributed by atoms with Crippen molar-refractivity contribution in [3.63, 3.8) is 0 Å². The van der Waals surface area contributed by atoms with E-state index in [1.54, 1.807) is 6.07 Å². The molecule has 2 N–H and O–H groups in total. The highest BCUT2D eigenvalue weighted by Crippen LogP contribution is 2.14. The molecule has 1 aromatic heterocycles. The maximum atomic E-state index is 11.3. The van der Waals surface area contributed by atoms with E-state index in [4.69, 9.17) is 5.26 Å². The molecular weight excluding hydrogens is 222 g/mol. The van der Waals surface area contributed by atoms with Crippen molar-refractivity contribution in [2.45, 2.75) is 26.4 Å². The first-order valence-corrected chi connectivity index (χ1v) is 5.92. The molecule has 0 aliphatic heterocycles. The maximum Gasteiger partial charge on any atom is 0.234 e. The Balaban J connectivity index is 2.25. The van der Waals surface area contributed by atoms with Gasteiger partial charge < -0.3 is 10.6 Å². The average Bonchev–Trinajstić information content (AvgIpc) is 2.64. The second-order valence-corrected chi connectivity index (χ2v) is 4.87. The zero-order valence-electron chi connectivity index (χ0n) is 9.41. The molecule has 5 heteroatoms. The van der Waals surface area contributed by atoms with Crippen LogP contribution in [0.2, 0.25) is 0 Å². The van der Waals surface area contributed by atoms with Gasteiger partial charge in [0.05, 0.1) is 6.54 Å². The molecule has 86 valence electrons. The van der Waals surface area contributed by atoms with E-state index in [-0.39, 0.29) is 11.9 Å². The Labute approximate surface area is 99.3 Å². The topological polar surface area (TPSA) is 64.9 Å². The van der Waals surface area contributed by atoms with Crippen molar-refractivity contribution >= 4 is 17.2 Å². The van der Waals surface area contributed by atoms with Gasteiger partial charge in [0.15, 0.2) is 0 Å². The number of nitriles is 1. The van der Waals surface area contributed by atoms with Crippen molar-refractivity contribution < 1.29 is 4.79 Å². The van der Waals surface area contributed by atoms with E-state index in [1.807, 2.05) is 19.9 Å². The van der Waals surface area contributed by atoms with E-state index in [1.165, 1.54) is 11.3 Å². The summed E-state index contributed by atoms with van der Waals surface area (Å²) in [5, 5.41) is 14.5. The van der Waals surface area contributed by atoms with Crippen LogP contribution in [0.4, 0.5) is 0 Å². The second kappa shape index (κ2) is 6.26. The number of rotatable bonds is 5. The molecule has 0 radical (unpaired) electrons. The minimum Gasteiger partial charge on any atom is -0.353 e. The highest BCUT2D eigenvalue weighted by molar-refractivity contribution is 7.12. The largest absolute Gasteiger partial charge is 0.353 e. The number of hydrogen-bond acceptors (Lipinski definition) is 4. The SMILES string of the molecule is CC(C)NC(=O)CNCc1ccc(C#N)s1. The smallest absolute Gasteiger partial charge is 0.234 e. The normalized spacial score (nSPS) is 10.1. The molecule has 1 amide bonds. The van der Waals surface area contributed by atoms with Crippen LogP contribution in [0, 0.1) is 11.3 Å². The first-order valence-electron chi connectivity index (χ1n) is 5.10. The van der Waals surface area contributed by atoms with Crippen LogP contribution in [0.3, 0.4) is 0 Å². The van der Waals surface area contributed by atoms with E-state index in [2.05, 4.69) is 16.7 Å². The number of thiophene rings is 1. The quantitative estimate of drug-likeness (QED) is 0.809. The summed E-state index contributed by atoms with van der Waals surface area (Å²) in [6.07, 6.45) is 0. The second-order valence-electron chi connectivity index (χ2n) is 3.70. The van der Waals surface area contributed by atoms with Crippen molar-refractivity contribution in [2.75, 3.05) is 6.54 Å². The molecular formula is C11H15N3OS. The van der Waals surface area contributed by atoms with E-state index < -0.39 is 0 Å². The van der Waals surface area contributed by atoms with Crippen molar-refractivity contribution in [3.8, 4) is 6.07 Å². The molecule has 16 heavy (non-hydrogen) atoms. The summed E-state index contributed by atoms with van der Waals surface area (Å²) < 4.78 is 0. The zero-order chi connectivity index (χ0) is 12.0.